The Morgan fingerprint density at radius 3 is 2.75 bits per heavy atom. The van der Waals surface area contributed by atoms with E-state index < -0.39 is 0 Å². The van der Waals surface area contributed by atoms with Gasteiger partial charge in [-0.2, -0.15) is 10.4 Å². The van der Waals surface area contributed by atoms with Gasteiger partial charge in [-0.1, -0.05) is 0 Å². The van der Waals surface area contributed by atoms with Crippen molar-refractivity contribution in [2.24, 2.45) is 7.05 Å². The van der Waals surface area contributed by atoms with Gasteiger partial charge in [0.25, 0.3) is 5.91 Å². The van der Waals surface area contributed by atoms with Crippen molar-refractivity contribution in [2.75, 3.05) is 31.1 Å². The Bertz CT molecular complexity index is 939. The molecule has 4 heterocycles. The molecule has 0 N–H and O–H groups in total. The number of anilines is 1. The number of fused-ring (bicyclic) bond motifs is 1. The zero-order chi connectivity index (χ0) is 19.8. The predicted molar refractivity (Wildman–Crippen MR) is 103 cm³/mol. The van der Waals surface area contributed by atoms with Crippen LogP contribution in [0.1, 0.15) is 47.3 Å². The van der Waals surface area contributed by atoms with E-state index in [4.69, 9.17) is 10.00 Å². The number of ether oxygens (including phenoxy) is 1. The van der Waals surface area contributed by atoms with Crippen molar-refractivity contribution in [2.45, 2.75) is 32.5 Å². The minimum absolute atomic E-state index is 0.0171. The van der Waals surface area contributed by atoms with Gasteiger partial charge in [0.2, 0.25) is 0 Å². The molecule has 0 saturated carbocycles. The molecule has 4 rings (SSSR count). The van der Waals surface area contributed by atoms with E-state index in [-0.39, 0.29) is 18.1 Å². The van der Waals surface area contributed by atoms with E-state index in [1.54, 1.807) is 23.0 Å². The number of carbonyl (C=O) groups excluding carboxylic acids is 1. The standard InChI is InChI=1S/C20H24N6O2/c1-13-10-16-18(23-24(3)19(16)14(2)28-13)20(27)26-8-6-25(7-9-26)17-11-15(12-21)4-5-22-17/h4-5,11,13-14H,6-10H2,1-3H3/t13-,14+/m1/s1. The molecule has 146 valence electrons. The van der Waals surface area contributed by atoms with Crippen LogP contribution in [0.5, 0.6) is 0 Å². The monoisotopic (exact) mass is 380 g/mol. The Morgan fingerprint density at radius 1 is 1.29 bits per heavy atom. The van der Waals surface area contributed by atoms with Gasteiger partial charge >= 0.3 is 0 Å². The van der Waals surface area contributed by atoms with E-state index in [1.807, 2.05) is 25.8 Å². The second kappa shape index (κ2) is 7.24. The Hall–Kier alpha value is -2.92. The Balaban J connectivity index is 1.49. The molecule has 2 aliphatic rings. The van der Waals surface area contributed by atoms with Crippen molar-refractivity contribution in [3.05, 3.63) is 40.8 Å². The Morgan fingerprint density at radius 2 is 2.04 bits per heavy atom. The highest BCUT2D eigenvalue weighted by Crippen LogP contribution is 2.32. The fourth-order valence-electron chi connectivity index (χ4n) is 4.16. The van der Waals surface area contributed by atoms with Gasteiger partial charge in [0.05, 0.1) is 29.5 Å². The molecule has 2 aromatic heterocycles. The molecular formula is C20H24N6O2. The van der Waals surface area contributed by atoms with Crippen LogP contribution >= 0.6 is 0 Å². The minimum atomic E-state index is -0.0619. The maximum atomic E-state index is 13.2. The lowest BCUT2D eigenvalue weighted by atomic mass is 9.99. The second-order valence-electron chi connectivity index (χ2n) is 7.42. The summed E-state index contributed by atoms with van der Waals surface area (Å²) in [6.07, 6.45) is 2.37. The zero-order valence-corrected chi connectivity index (χ0v) is 16.4. The van der Waals surface area contributed by atoms with Crippen molar-refractivity contribution in [3.8, 4) is 6.07 Å². The summed E-state index contributed by atoms with van der Waals surface area (Å²) in [5, 5.41) is 13.6. The van der Waals surface area contributed by atoms with Crippen molar-refractivity contribution >= 4 is 11.7 Å². The van der Waals surface area contributed by atoms with E-state index in [9.17, 15) is 4.79 Å². The van der Waals surface area contributed by atoms with Gasteiger partial charge in [-0.05, 0) is 26.0 Å². The van der Waals surface area contributed by atoms with Crippen molar-refractivity contribution in [1.29, 1.82) is 5.26 Å². The summed E-state index contributed by atoms with van der Waals surface area (Å²) in [5.41, 5.74) is 3.16. The number of rotatable bonds is 2. The highest BCUT2D eigenvalue weighted by molar-refractivity contribution is 5.94. The van der Waals surface area contributed by atoms with E-state index in [2.05, 4.69) is 21.1 Å². The lowest BCUT2D eigenvalue weighted by molar-refractivity contribution is -0.00906. The van der Waals surface area contributed by atoms with Crippen molar-refractivity contribution in [3.63, 3.8) is 0 Å². The number of piperazine rings is 1. The van der Waals surface area contributed by atoms with Gasteiger partial charge in [0.15, 0.2) is 5.69 Å². The van der Waals surface area contributed by atoms with E-state index in [1.165, 1.54) is 0 Å². The van der Waals surface area contributed by atoms with E-state index in [0.29, 0.717) is 43.9 Å². The molecule has 0 bridgehead atoms. The Kier molecular flexibility index (Phi) is 4.77. The smallest absolute Gasteiger partial charge is 0.274 e. The highest BCUT2D eigenvalue weighted by atomic mass is 16.5. The molecule has 1 saturated heterocycles. The third-order valence-corrected chi connectivity index (χ3v) is 5.47. The first kappa shape index (κ1) is 18.4. The number of amides is 1. The van der Waals surface area contributed by atoms with Gasteiger partial charge in [0, 0.05) is 51.4 Å². The second-order valence-corrected chi connectivity index (χ2v) is 7.42. The normalized spacial score (nSPS) is 21.9. The largest absolute Gasteiger partial charge is 0.369 e. The first-order valence-corrected chi connectivity index (χ1v) is 9.59. The number of nitriles is 1. The molecule has 2 aliphatic heterocycles. The van der Waals surface area contributed by atoms with Crippen molar-refractivity contribution < 1.29 is 9.53 Å². The first-order valence-electron chi connectivity index (χ1n) is 9.59. The van der Waals surface area contributed by atoms with Crippen LogP contribution in [-0.4, -0.2) is 57.9 Å². The number of hydrogen-bond donors (Lipinski definition) is 0. The Labute approximate surface area is 164 Å². The lowest BCUT2D eigenvalue weighted by Gasteiger charge is -2.35. The molecule has 0 unspecified atom stereocenters. The van der Waals surface area contributed by atoms with Crippen LogP contribution in [0.3, 0.4) is 0 Å². The van der Waals surface area contributed by atoms with Crippen LogP contribution < -0.4 is 4.90 Å². The highest BCUT2D eigenvalue weighted by Gasteiger charge is 2.33. The molecular weight excluding hydrogens is 356 g/mol. The fourth-order valence-corrected chi connectivity index (χ4v) is 4.16. The molecule has 2 atom stereocenters. The van der Waals surface area contributed by atoms with E-state index >= 15 is 0 Å². The summed E-state index contributed by atoms with van der Waals surface area (Å²) in [4.78, 5) is 21.5. The van der Waals surface area contributed by atoms with Gasteiger partial charge in [-0.15, -0.1) is 0 Å². The first-order chi connectivity index (χ1) is 13.5. The summed E-state index contributed by atoms with van der Waals surface area (Å²) in [5.74, 6) is 0.762. The fraction of sp³-hybridized carbons (Fsp3) is 0.500. The van der Waals surface area contributed by atoms with Gasteiger partial charge in [-0.25, -0.2) is 4.98 Å². The molecule has 0 aromatic carbocycles. The average Bonchev–Trinajstić information content (AvgIpc) is 3.04. The van der Waals surface area contributed by atoms with Crippen molar-refractivity contribution in [1.82, 2.24) is 19.7 Å². The van der Waals surface area contributed by atoms with Crippen LogP contribution in [-0.2, 0) is 18.2 Å². The summed E-state index contributed by atoms with van der Waals surface area (Å²) < 4.78 is 7.68. The molecule has 0 radical (unpaired) electrons. The maximum Gasteiger partial charge on any atom is 0.274 e. The lowest BCUT2D eigenvalue weighted by Crippen LogP contribution is -2.49. The number of aromatic nitrogens is 3. The van der Waals surface area contributed by atoms with Crippen LogP contribution in [0.2, 0.25) is 0 Å². The number of aryl methyl sites for hydroxylation is 1. The third kappa shape index (κ3) is 3.22. The summed E-state index contributed by atoms with van der Waals surface area (Å²) >= 11 is 0. The third-order valence-electron chi connectivity index (χ3n) is 5.47. The van der Waals surface area contributed by atoms with Crippen LogP contribution in [0, 0.1) is 11.3 Å². The number of nitrogens with zero attached hydrogens (tertiary/aromatic N) is 6. The number of pyridine rings is 1. The number of carbonyl (C=O) groups is 1. The summed E-state index contributed by atoms with van der Waals surface area (Å²) in [6.45, 7) is 6.60. The van der Waals surface area contributed by atoms with Crippen LogP contribution in [0.15, 0.2) is 18.3 Å². The molecule has 28 heavy (non-hydrogen) atoms. The molecule has 1 fully saturated rings. The molecule has 8 heteroatoms. The van der Waals surface area contributed by atoms with Crippen LogP contribution in [0.4, 0.5) is 5.82 Å². The molecule has 0 spiro atoms. The summed E-state index contributed by atoms with van der Waals surface area (Å²) in [7, 11) is 1.87. The number of hydrogen-bond acceptors (Lipinski definition) is 6. The minimum Gasteiger partial charge on any atom is -0.369 e. The van der Waals surface area contributed by atoms with E-state index in [0.717, 1.165) is 17.1 Å². The van der Waals surface area contributed by atoms with Gasteiger partial charge < -0.3 is 14.5 Å². The average molecular weight is 380 g/mol. The van der Waals surface area contributed by atoms with Crippen LogP contribution in [0.25, 0.3) is 0 Å². The summed E-state index contributed by atoms with van der Waals surface area (Å²) in [6, 6.07) is 5.62. The van der Waals surface area contributed by atoms with Gasteiger partial charge in [-0.3, -0.25) is 9.48 Å². The predicted octanol–water partition coefficient (Wildman–Crippen LogP) is 1.67. The SMILES string of the molecule is C[C@@H]1Cc2c(C(=O)N3CCN(c4cc(C#N)ccn4)CC3)nn(C)c2[C@H](C)O1. The molecule has 0 aliphatic carbocycles. The quantitative estimate of drug-likeness (QED) is 0.788. The molecule has 1 amide bonds. The molecule has 2 aromatic rings. The zero-order valence-electron chi connectivity index (χ0n) is 16.4. The van der Waals surface area contributed by atoms with Gasteiger partial charge in [0.1, 0.15) is 5.82 Å². The molecule has 8 nitrogen and oxygen atoms in total. The topological polar surface area (TPSA) is 87.3 Å². The maximum absolute atomic E-state index is 13.2.